The van der Waals surface area contributed by atoms with Gasteiger partial charge in [-0.1, -0.05) is 28.8 Å². The molecule has 0 spiro atoms. The van der Waals surface area contributed by atoms with Crippen LogP contribution in [0.1, 0.15) is 11.1 Å². The van der Waals surface area contributed by atoms with Crippen molar-refractivity contribution in [2.75, 3.05) is 25.6 Å². The Morgan fingerprint density at radius 3 is 2.74 bits per heavy atom. The standard InChI is InChI=1S/C20H19IN2O4/c1-4-9-26-20-17(21)10-15(11-18(20)25-3)12-22-27-13-19(24)23-16-7-5-14(2)6-8-16/h1,5-8,10-12H,9,13H2,2-3H3,(H,23,24)/b22-12+. The number of hydrogen-bond acceptors (Lipinski definition) is 5. The molecule has 140 valence electrons. The van der Waals surface area contributed by atoms with Crippen molar-refractivity contribution in [3.63, 3.8) is 0 Å². The monoisotopic (exact) mass is 478 g/mol. The van der Waals surface area contributed by atoms with Crippen molar-refractivity contribution >= 4 is 40.4 Å². The fourth-order valence-corrected chi connectivity index (χ4v) is 2.88. The molecule has 0 unspecified atom stereocenters. The molecule has 0 atom stereocenters. The minimum atomic E-state index is -0.291. The molecule has 1 N–H and O–H groups in total. The molecule has 2 aromatic carbocycles. The van der Waals surface area contributed by atoms with E-state index in [0.29, 0.717) is 17.2 Å². The lowest BCUT2D eigenvalue weighted by Gasteiger charge is -2.11. The molecule has 1 amide bonds. The van der Waals surface area contributed by atoms with Crippen molar-refractivity contribution in [3.8, 4) is 23.8 Å². The van der Waals surface area contributed by atoms with Crippen molar-refractivity contribution in [1.82, 2.24) is 0 Å². The van der Waals surface area contributed by atoms with Crippen molar-refractivity contribution < 1.29 is 19.1 Å². The highest BCUT2D eigenvalue weighted by atomic mass is 127. The molecule has 0 radical (unpaired) electrons. The zero-order valence-electron chi connectivity index (χ0n) is 15.0. The molecule has 7 heteroatoms. The number of ether oxygens (including phenoxy) is 2. The molecule has 6 nitrogen and oxygen atoms in total. The number of benzene rings is 2. The van der Waals surface area contributed by atoms with Gasteiger partial charge < -0.3 is 19.6 Å². The van der Waals surface area contributed by atoms with Crippen molar-refractivity contribution in [2.24, 2.45) is 5.16 Å². The van der Waals surface area contributed by atoms with Crippen LogP contribution in [0.25, 0.3) is 0 Å². The molecule has 0 aliphatic rings. The molecular weight excluding hydrogens is 459 g/mol. The van der Waals surface area contributed by atoms with Crippen LogP contribution in [0.4, 0.5) is 5.69 Å². The summed E-state index contributed by atoms with van der Waals surface area (Å²) in [6.07, 6.45) is 6.71. The second-order valence-corrected chi connectivity index (χ2v) is 6.61. The van der Waals surface area contributed by atoms with Crippen LogP contribution in [0.15, 0.2) is 41.6 Å². The predicted octanol–water partition coefficient (Wildman–Crippen LogP) is 3.61. The van der Waals surface area contributed by atoms with Crippen LogP contribution < -0.4 is 14.8 Å². The summed E-state index contributed by atoms with van der Waals surface area (Å²) in [5, 5.41) is 6.56. The van der Waals surface area contributed by atoms with E-state index in [1.165, 1.54) is 6.21 Å². The van der Waals surface area contributed by atoms with Gasteiger partial charge in [0.25, 0.3) is 5.91 Å². The van der Waals surface area contributed by atoms with E-state index < -0.39 is 0 Å². The highest BCUT2D eigenvalue weighted by Gasteiger charge is 2.11. The Kier molecular flexibility index (Phi) is 7.95. The Morgan fingerprint density at radius 2 is 2.07 bits per heavy atom. The number of oxime groups is 1. The van der Waals surface area contributed by atoms with E-state index in [-0.39, 0.29) is 19.1 Å². The van der Waals surface area contributed by atoms with Gasteiger partial charge in [0.1, 0.15) is 6.61 Å². The lowest BCUT2D eigenvalue weighted by molar-refractivity contribution is -0.120. The Balaban J connectivity index is 1.91. The first-order chi connectivity index (χ1) is 13.0. The van der Waals surface area contributed by atoms with E-state index in [1.54, 1.807) is 13.2 Å². The number of carbonyl (C=O) groups is 1. The Hall–Kier alpha value is -2.73. The smallest absolute Gasteiger partial charge is 0.265 e. The number of rotatable bonds is 8. The van der Waals surface area contributed by atoms with Gasteiger partial charge >= 0.3 is 0 Å². The number of methoxy groups -OCH3 is 1. The lowest BCUT2D eigenvalue weighted by Crippen LogP contribution is -2.16. The Labute approximate surface area is 172 Å². The fourth-order valence-electron chi connectivity index (χ4n) is 2.10. The van der Waals surface area contributed by atoms with Gasteiger partial charge in [-0.05, 0) is 53.8 Å². The van der Waals surface area contributed by atoms with Gasteiger partial charge in [0.15, 0.2) is 18.1 Å². The average Bonchev–Trinajstić information content (AvgIpc) is 2.66. The summed E-state index contributed by atoms with van der Waals surface area (Å²) in [4.78, 5) is 16.9. The summed E-state index contributed by atoms with van der Waals surface area (Å²) < 4.78 is 11.6. The molecule has 0 aliphatic carbocycles. The van der Waals surface area contributed by atoms with Gasteiger partial charge in [0.2, 0.25) is 0 Å². The van der Waals surface area contributed by atoms with E-state index in [0.717, 1.165) is 14.7 Å². The van der Waals surface area contributed by atoms with Gasteiger partial charge in [0.05, 0.1) is 16.9 Å². The van der Waals surface area contributed by atoms with Gasteiger partial charge in [-0.2, -0.15) is 0 Å². The van der Waals surface area contributed by atoms with Crippen LogP contribution in [0.2, 0.25) is 0 Å². The van der Waals surface area contributed by atoms with E-state index in [2.05, 4.69) is 39.0 Å². The highest BCUT2D eigenvalue weighted by molar-refractivity contribution is 14.1. The number of terminal acetylenes is 1. The molecule has 27 heavy (non-hydrogen) atoms. The van der Waals surface area contributed by atoms with Crippen LogP contribution in [-0.2, 0) is 9.63 Å². The molecule has 2 rings (SSSR count). The summed E-state index contributed by atoms with van der Waals surface area (Å²) in [6.45, 7) is 1.94. The molecule has 0 heterocycles. The number of carbonyl (C=O) groups excluding carboxylic acids is 1. The normalized spacial score (nSPS) is 10.3. The van der Waals surface area contributed by atoms with E-state index in [9.17, 15) is 4.79 Å². The van der Waals surface area contributed by atoms with Crippen LogP contribution >= 0.6 is 22.6 Å². The number of amides is 1. The van der Waals surface area contributed by atoms with Crippen molar-refractivity contribution in [2.45, 2.75) is 6.92 Å². The first kappa shape index (κ1) is 20.6. The number of nitrogens with one attached hydrogen (secondary N) is 1. The maximum absolute atomic E-state index is 11.8. The van der Waals surface area contributed by atoms with Gasteiger partial charge in [0, 0.05) is 11.3 Å². The van der Waals surface area contributed by atoms with Gasteiger partial charge in [-0.25, -0.2) is 0 Å². The molecular formula is C20H19IN2O4. The molecule has 0 aliphatic heterocycles. The van der Waals surface area contributed by atoms with E-state index >= 15 is 0 Å². The van der Waals surface area contributed by atoms with Crippen LogP contribution in [-0.4, -0.2) is 32.4 Å². The summed E-state index contributed by atoms with van der Waals surface area (Å²) in [7, 11) is 1.54. The zero-order chi connectivity index (χ0) is 19.6. The molecule has 0 fully saturated rings. The molecule has 0 saturated carbocycles. The van der Waals surface area contributed by atoms with Crippen molar-refractivity contribution in [1.29, 1.82) is 0 Å². The van der Waals surface area contributed by atoms with Gasteiger partial charge in [-0.15, -0.1) is 6.42 Å². The number of anilines is 1. The molecule has 0 bridgehead atoms. The van der Waals surface area contributed by atoms with E-state index in [1.807, 2.05) is 37.3 Å². The quantitative estimate of drug-likeness (QED) is 0.273. The SMILES string of the molecule is C#CCOc1c(I)cc(/C=N/OCC(=O)Nc2ccc(C)cc2)cc1OC. The van der Waals surface area contributed by atoms with Crippen LogP contribution in [0.5, 0.6) is 11.5 Å². The highest BCUT2D eigenvalue weighted by Crippen LogP contribution is 2.33. The third-order valence-electron chi connectivity index (χ3n) is 3.36. The third kappa shape index (κ3) is 6.49. The summed E-state index contributed by atoms with van der Waals surface area (Å²) in [6, 6.07) is 11.1. The average molecular weight is 478 g/mol. The fraction of sp³-hybridized carbons (Fsp3) is 0.200. The lowest BCUT2D eigenvalue weighted by atomic mass is 10.2. The Morgan fingerprint density at radius 1 is 1.33 bits per heavy atom. The Bertz CT molecular complexity index is 858. The van der Waals surface area contributed by atoms with E-state index in [4.69, 9.17) is 20.7 Å². The topological polar surface area (TPSA) is 69.2 Å². The molecule has 0 saturated heterocycles. The molecule has 2 aromatic rings. The number of nitrogens with zero attached hydrogens (tertiary/aromatic N) is 1. The zero-order valence-corrected chi connectivity index (χ0v) is 17.1. The minimum absolute atomic E-state index is 0.152. The molecule has 0 aromatic heterocycles. The maximum Gasteiger partial charge on any atom is 0.265 e. The second-order valence-electron chi connectivity index (χ2n) is 5.45. The number of aryl methyl sites for hydroxylation is 1. The minimum Gasteiger partial charge on any atom is -0.493 e. The third-order valence-corrected chi connectivity index (χ3v) is 4.16. The number of halogens is 1. The first-order valence-electron chi connectivity index (χ1n) is 7.99. The van der Waals surface area contributed by atoms with Gasteiger partial charge in [-0.3, -0.25) is 4.79 Å². The largest absolute Gasteiger partial charge is 0.493 e. The van der Waals surface area contributed by atoms with Crippen molar-refractivity contribution in [3.05, 3.63) is 51.1 Å². The second kappa shape index (κ2) is 10.4. The summed E-state index contributed by atoms with van der Waals surface area (Å²) in [5.41, 5.74) is 2.57. The maximum atomic E-state index is 11.8. The summed E-state index contributed by atoms with van der Waals surface area (Å²) >= 11 is 2.12. The van der Waals surface area contributed by atoms with Crippen LogP contribution in [0, 0.1) is 22.8 Å². The predicted molar refractivity (Wildman–Crippen MR) is 113 cm³/mol. The number of hydrogen-bond donors (Lipinski definition) is 1. The van der Waals surface area contributed by atoms with Crippen LogP contribution in [0.3, 0.4) is 0 Å². The summed E-state index contributed by atoms with van der Waals surface area (Å²) in [5.74, 6) is 3.24. The first-order valence-corrected chi connectivity index (χ1v) is 9.07.